The highest BCUT2D eigenvalue weighted by atomic mass is 35.5. The lowest BCUT2D eigenvalue weighted by atomic mass is 10.2. The zero-order chi connectivity index (χ0) is 22.9. The summed E-state index contributed by atoms with van der Waals surface area (Å²) in [4.78, 5) is 30.8. The van der Waals surface area contributed by atoms with E-state index in [2.05, 4.69) is 9.88 Å². The molecule has 1 saturated heterocycles. The maximum atomic E-state index is 13.0. The molecule has 10 heteroatoms. The number of piperazine rings is 1. The van der Waals surface area contributed by atoms with Gasteiger partial charge in [0.1, 0.15) is 0 Å². The Morgan fingerprint density at radius 1 is 1.03 bits per heavy atom. The molecule has 0 spiro atoms. The van der Waals surface area contributed by atoms with Gasteiger partial charge in [0.25, 0.3) is 0 Å². The molecule has 0 radical (unpaired) electrons. The first-order chi connectivity index (χ1) is 15.2. The Hall–Kier alpha value is -2.88. The molecule has 0 unspecified atom stereocenters. The number of pyridine rings is 1. The number of hydrogen-bond acceptors (Lipinski definition) is 5. The second-order valence-electron chi connectivity index (χ2n) is 7.68. The Morgan fingerprint density at radius 2 is 1.72 bits per heavy atom. The molecule has 4 rings (SSSR count). The highest BCUT2D eigenvalue weighted by Crippen LogP contribution is 2.21. The van der Waals surface area contributed by atoms with E-state index in [1.54, 1.807) is 17.0 Å². The van der Waals surface area contributed by atoms with Crippen LogP contribution in [0.25, 0.3) is 10.9 Å². The third-order valence-corrected chi connectivity index (χ3v) is 7.64. The number of nitrogens with one attached hydrogen (secondary N) is 1. The molecule has 2 aromatic carbocycles. The number of rotatable bonds is 5. The van der Waals surface area contributed by atoms with E-state index in [0.29, 0.717) is 42.1 Å². The van der Waals surface area contributed by atoms with Crippen LogP contribution in [0.2, 0.25) is 5.02 Å². The van der Waals surface area contributed by atoms with Crippen molar-refractivity contribution in [3.8, 4) is 0 Å². The molecule has 32 heavy (non-hydrogen) atoms. The third kappa shape index (κ3) is 4.64. The summed E-state index contributed by atoms with van der Waals surface area (Å²) in [6.45, 7) is 2.10. The van der Waals surface area contributed by atoms with Crippen LogP contribution in [-0.4, -0.2) is 68.3 Å². The van der Waals surface area contributed by atoms with Gasteiger partial charge in [-0.2, -0.15) is 4.31 Å². The van der Waals surface area contributed by atoms with E-state index < -0.39 is 10.0 Å². The minimum Gasteiger partial charge on any atom is -0.368 e. The SMILES string of the molecule is CN(CC(=O)N1CCN(c2ccc(Cl)cc2)CC1)S(=O)(=O)c1ccc2[nH]c(=O)ccc2c1. The van der Waals surface area contributed by atoms with E-state index in [0.717, 1.165) is 9.99 Å². The van der Waals surface area contributed by atoms with Crippen LogP contribution in [0.5, 0.6) is 0 Å². The fraction of sp³-hybridized carbons (Fsp3) is 0.273. The zero-order valence-corrected chi connectivity index (χ0v) is 19.1. The summed E-state index contributed by atoms with van der Waals surface area (Å²) in [5, 5.41) is 1.27. The van der Waals surface area contributed by atoms with Crippen LogP contribution in [0, 0.1) is 0 Å². The fourth-order valence-corrected chi connectivity index (χ4v) is 5.00. The minimum atomic E-state index is -3.86. The molecule has 0 aliphatic carbocycles. The number of hydrogen-bond donors (Lipinski definition) is 1. The van der Waals surface area contributed by atoms with Gasteiger partial charge in [0, 0.05) is 55.5 Å². The Bertz CT molecular complexity index is 1300. The molecular formula is C22H23ClN4O4S. The molecule has 1 amide bonds. The highest BCUT2D eigenvalue weighted by molar-refractivity contribution is 7.89. The quantitative estimate of drug-likeness (QED) is 0.611. The van der Waals surface area contributed by atoms with Crippen molar-refractivity contribution in [3.05, 3.63) is 70.0 Å². The Kier molecular flexibility index (Phi) is 6.23. The number of carbonyl (C=O) groups is 1. The van der Waals surface area contributed by atoms with E-state index in [9.17, 15) is 18.0 Å². The molecule has 1 aliphatic heterocycles. The molecule has 168 valence electrons. The van der Waals surface area contributed by atoms with Crippen molar-refractivity contribution < 1.29 is 13.2 Å². The van der Waals surface area contributed by atoms with Crippen molar-refractivity contribution in [3.63, 3.8) is 0 Å². The van der Waals surface area contributed by atoms with Gasteiger partial charge >= 0.3 is 0 Å². The summed E-state index contributed by atoms with van der Waals surface area (Å²) in [5.74, 6) is -0.239. The molecule has 1 N–H and O–H groups in total. The van der Waals surface area contributed by atoms with Crippen LogP contribution in [0.3, 0.4) is 0 Å². The average molecular weight is 475 g/mol. The minimum absolute atomic E-state index is 0.0694. The molecule has 0 atom stereocenters. The molecule has 8 nitrogen and oxygen atoms in total. The monoisotopic (exact) mass is 474 g/mol. The predicted molar refractivity (Wildman–Crippen MR) is 125 cm³/mol. The van der Waals surface area contributed by atoms with E-state index in [1.165, 1.54) is 25.2 Å². The van der Waals surface area contributed by atoms with Gasteiger partial charge in [0.05, 0.1) is 11.4 Å². The summed E-state index contributed by atoms with van der Waals surface area (Å²) in [6, 6.07) is 14.9. The molecule has 0 saturated carbocycles. The van der Waals surface area contributed by atoms with Gasteiger partial charge in [-0.05, 0) is 53.9 Å². The van der Waals surface area contributed by atoms with Gasteiger partial charge in [-0.3, -0.25) is 9.59 Å². The van der Waals surface area contributed by atoms with Crippen molar-refractivity contribution in [1.82, 2.24) is 14.2 Å². The number of H-pyrrole nitrogens is 1. The number of amides is 1. The van der Waals surface area contributed by atoms with Gasteiger partial charge < -0.3 is 14.8 Å². The number of sulfonamides is 1. The summed E-state index contributed by atoms with van der Waals surface area (Å²) in [5.41, 5.74) is 1.33. The number of nitrogens with zero attached hydrogens (tertiary/aromatic N) is 3. The van der Waals surface area contributed by atoms with Crippen LogP contribution < -0.4 is 10.5 Å². The molecule has 0 bridgehead atoms. The molecule has 2 heterocycles. The first-order valence-electron chi connectivity index (χ1n) is 10.1. The standard InChI is InChI=1S/C22H23ClN4O4S/c1-25(32(30,31)19-7-8-20-16(14-19)2-9-21(28)24-20)15-22(29)27-12-10-26(11-13-27)18-5-3-17(23)4-6-18/h2-9,14H,10-13,15H2,1H3,(H,24,28). The summed E-state index contributed by atoms with van der Waals surface area (Å²) >= 11 is 5.94. The van der Waals surface area contributed by atoms with Gasteiger partial charge in [0.15, 0.2) is 0 Å². The lowest BCUT2D eigenvalue weighted by Crippen LogP contribution is -2.51. The van der Waals surface area contributed by atoms with Crippen LogP contribution in [0.1, 0.15) is 0 Å². The number of benzene rings is 2. The van der Waals surface area contributed by atoms with Crippen molar-refractivity contribution in [1.29, 1.82) is 0 Å². The lowest BCUT2D eigenvalue weighted by molar-refractivity contribution is -0.131. The number of likely N-dealkylation sites (N-methyl/N-ethyl adjacent to an activating group) is 1. The van der Waals surface area contributed by atoms with E-state index in [4.69, 9.17) is 11.6 Å². The number of fused-ring (bicyclic) bond motifs is 1. The van der Waals surface area contributed by atoms with Crippen molar-refractivity contribution in [2.24, 2.45) is 0 Å². The van der Waals surface area contributed by atoms with Crippen LogP contribution >= 0.6 is 11.6 Å². The van der Waals surface area contributed by atoms with E-state index in [1.807, 2.05) is 24.3 Å². The van der Waals surface area contributed by atoms with Crippen molar-refractivity contribution in [2.75, 3.05) is 44.7 Å². The zero-order valence-electron chi connectivity index (χ0n) is 17.5. The summed E-state index contributed by atoms with van der Waals surface area (Å²) in [6.07, 6.45) is 0. The van der Waals surface area contributed by atoms with Crippen molar-refractivity contribution in [2.45, 2.75) is 4.90 Å². The van der Waals surface area contributed by atoms with E-state index >= 15 is 0 Å². The fourth-order valence-electron chi connectivity index (χ4n) is 3.71. The number of aromatic nitrogens is 1. The van der Waals surface area contributed by atoms with Crippen molar-refractivity contribution >= 4 is 44.1 Å². The van der Waals surface area contributed by atoms with Crippen LogP contribution in [0.15, 0.2) is 64.3 Å². The average Bonchev–Trinajstić information content (AvgIpc) is 2.79. The normalized spacial score (nSPS) is 14.8. The topological polar surface area (TPSA) is 93.8 Å². The Balaban J connectivity index is 1.40. The lowest BCUT2D eigenvalue weighted by Gasteiger charge is -2.36. The van der Waals surface area contributed by atoms with Gasteiger partial charge in [-0.1, -0.05) is 11.6 Å². The molecule has 1 fully saturated rings. The largest absolute Gasteiger partial charge is 0.368 e. The van der Waals surface area contributed by atoms with E-state index in [-0.39, 0.29) is 22.9 Å². The molecule has 1 aromatic heterocycles. The maximum absolute atomic E-state index is 13.0. The molecule has 1 aliphatic rings. The van der Waals surface area contributed by atoms with Crippen LogP contribution in [-0.2, 0) is 14.8 Å². The second kappa shape index (κ2) is 8.93. The van der Waals surface area contributed by atoms with Gasteiger partial charge in [-0.15, -0.1) is 0 Å². The number of halogens is 1. The first kappa shape index (κ1) is 22.3. The smallest absolute Gasteiger partial charge is 0.248 e. The number of carbonyl (C=O) groups excluding carboxylic acids is 1. The number of aromatic amines is 1. The predicted octanol–water partition coefficient (Wildman–Crippen LogP) is 2.15. The first-order valence-corrected chi connectivity index (χ1v) is 11.9. The summed E-state index contributed by atoms with van der Waals surface area (Å²) in [7, 11) is -2.46. The molecule has 3 aromatic rings. The Labute approximate surface area is 191 Å². The number of anilines is 1. The van der Waals surface area contributed by atoms with Gasteiger partial charge in [-0.25, -0.2) is 8.42 Å². The highest BCUT2D eigenvalue weighted by Gasteiger charge is 2.27. The van der Waals surface area contributed by atoms with Gasteiger partial charge in [0.2, 0.25) is 21.5 Å². The summed E-state index contributed by atoms with van der Waals surface area (Å²) < 4.78 is 27.0. The van der Waals surface area contributed by atoms with Crippen LogP contribution in [0.4, 0.5) is 5.69 Å². The molecular weight excluding hydrogens is 452 g/mol. The maximum Gasteiger partial charge on any atom is 0.248 e. The second-order valence-corrected chi connectivity index (χ2v) is 10.2. The Morgan fingerprint density at radius 3 is 2.41 bits per heavy atom. The third-order valence-electron chi connectivity index (χ3n) is 5.59.